The maximum Gasteiger partial charge on any atom is 0.339 e. The molecule has 6 nitrogen and oxygen atoms in total. The highest BCUT2D eigenvalue weighted by atomic mass is 16.4. The molecule has 0 radical (unpaired) electrons. The second kappa shape index (κ2) is 2.72. The highest BCUT2D eigenvalue weighted by Crippen LogP contribution is 2.12. The summed E-state index contributed by atoms with van der Waals surface area (Å²) in [7, 11) is 1.39. The summed E-state index contributed by atoms with van der Waals surface area (Å²) >= 11 is 0. The van der Waals surface area contributed by atoms with Gasteiger partial charge in [-0.1, -0.05) is 0 Å². The number of nitrogens with zero attached hydrogens (tertiary/aromatic N) is 1. The fraction of sp³-hybridized carbons (Fsp3) is 0.571. The molecule has 13 heavy (non-hydrogen) atoms. The lowest BCUT2D eigenvalue weighted by Crippen LogP contribution is -2.67. The lowest BCUT2D eigenvalue weighted by molar-refractivity contribution is -0.160. The molecule has 0 aromatic carbocycles. The fourth-order valence-electron chi connectivity index (χ4n) is 1.19. The number of carboxylic acid groups (broad SMARTS) is 1. The first-order chi connectivity index (χ1) is 5.88. The normalized spacial score (nSPS) is 28.6. The minimum absolute atomic E-state index is 0.0955. The van der Waals surface area contributed by atoms with E-state index in [1.807, 2.05) is 0 Å². The Bertz CT molecular complexity index is 288. The number of amides is 2. The maximum absolute atomic E-state index is 11.4. The Kier molecular flexibility index (Phi) is 1.99. The number of hydrogen-bond donors (Lipinski definition) is 2. The van der Waals surface area contributed by atoms with E-state index in [9.17, 15) is 14.4 Å². The average molecular weight is 186 g/mol. The van der Waals surface area contributed by atoms with Crippen LogP contribution in [0.1, 0.15) is 6.92 Å². The molecule has 1 rings (SSSR count). The van der Waals surface area contributed by atoms with Gasteiger partial charge in [-0.15, -0.1) is 0 Å². The van der Waals surface area contributed by atoms with Crippen molar-refractivity contribution in [2.24, 2.45) is 0 Å². The molecule has 2 N–H and O–H groups in total. The quantitative estimate of drug-likeness (QED) is 0.484. The molecule has 1 fully saturated rings. The summed E-state index contributed by atoms with van der Waals surface area (Å²) in [6.45, 7) is 1.08. The lowest BCUT2D eigenvalue weighted by Gasteiger charge is -2.34. The van der Waals surface area contributed by atoms with E-state index in [-0.39, 0.29) is 6.54 Å². The van der Waals surface area contributed by atoms with Gasteiger partial charge < -0.3 is 15.3 Å². The monoisotopic (exact) mass is 186 g/mol. The predicted molar refractivity (Wildman–Crippen MR) is 41.8 cm³/mol. The number of carbonyl (C=O) groups is 3. The van der Waals surface area contributed by atoms with Gasteiger partial charge in [0.2, 0.25) is 11.4 Å². The van der Waals surface area contributed by atoms with Crippen molar-refractivity contribution in [2.75, 3.05) is 13.6 Å². The Morgan fingerprint density at radius 1 is 1.62 bits per heavy atom. The highest BCUT2D eigenvalue weighted by molar-refractivity contribution is 6.11. The number of carboxylic acids is 1. The van der Waals surface area contributed by atoms with Crippen LogP contribution >= 0.6 is 0 Å². The van der Waals surface area contributed by atoms with Crippen molar-refractivity contribution in [3.05, 3.63) is 0 Å². The van der Waals surface area contributed by atoms with Crippen LogP contribution in [0.3, 0.4) is 0 Å². The van der Waals surface area contributed by atoms with Gasteiger partial charge in [-0.25, -0.2) is 4.79 Å². The van der Waals surface area contributed by atoms with Crippen LogP contribution in [0.5, 0.6) is 0 Å². The van der Waals surface area contributed by atoms with Crippen LogP contribution in [0.2, 0.25) is 0 Å². The number of rotatable bonds is 1. The van der Waals surface area contributed by atoms with Crippen LogP contribution in [0.15, 0.2) is 0 Å². The molecule has 0 aliphatic carbocycles. The Morgan fingerprint density at radius 2 is 2.15 bits per heavy atom. The van der Waals surface area contributed by atoms with Crippen LogP contribution in [-0.2, 0) is 14.4 Å². The molecule has 1 aliphatic heterocycles. The number of piperazine rings is 1. The molecule has 0 aromatic rings. The first kappa shape index (κ1) is 9.50. The third-order valence-electron chi connectivity index (χ3n) is 1.97. The summed E-state index contributed by atoms with van der Waals surface area (Å²) in [5, 5.41) is 10.9. The van der Waals surface area contributed by atoms with Gasteiger partial charge in [-0.2, -0.15) is 0 Å². The minimum Gasteiger partial charge on any atom is -0.479 e. The van der Waals surface area contributed by atoms with Crippen LogP contribution in [0.25, 0.3) is 0 Å². The number of likely N-dealkylation sites (N-methyl/N-ethyl adjacent to an activating group) is 1. The molecule has 1 unspecified atom stereocenters. The number of hydrogen-bond acceptors (Lipinski definition) is 3. The molecule has 0 spiro atoms. The average Bonchev–Trinajstić information content (AvgIpc) is 1.99. The van der Waals surface area contributed by atoms with Gasteiger partial charge in [0.15, 0.2) is 0 Å². The zero-order valence-electron chi connectivity index (χ0n) is 7.33. The van der Waals surface area contributed by atoms with Crippen LogP contribution in [0.4, 0.5) is 0 Å². The predicted octanol–water partition coefficient (Wildman–Crippen LogP) is -1.58. The zero-order chi connectivity index (χ0) is 10.2. The van der Waals surface area contributed by atoms with Crippen molar-refractivity contribution in [3.8, 4) is 0 Å². The van der Waals surface area contributed by atoms with Crippen molar-refractivity contribution in [3.63, 3.8) is 0 Å². The van der Waals surface area contributed by atoms with E-state index in [0.717, 1.165) is 4.90 Å². The first-order valence-corrected chi connectivity index (χ1v) is 3.68. The van der Waals surface area contributed by atoms with E-state index in [2.05, 4.69) is 5.32 Å². The third-order valence-corrected chi connectivity index (χ3v) is 1.97. The Labute approximate surface area is 74.5 Å². The van der Waals surface area contributed by atoms with Gasteiger partial charge in [-0.3, -0.25) is 9.59 Å². The van der Waals surface area contributed by atoms with Crippen LogP contribution in [0, 0.1) is 0 Å². The number of carbonyl (C=O) groups excluding carboxylic acids is 2. The second-order valence-corrected chi connectivity index (χ2v) is 3.14. The third kappa shape index (κ3) is 1.34. The number of nitrogens with one attached hydrogen (secondary N) is 1. The van der Waals surface area contributed by atoms with E-state index in [0.29, 0.717) is 0 Å². The topological polar surface area (TPSA) is 86.7 Å². The van der Waals surface area contributed by atoms with Crippen molar-refractivity contribution < 1.29 is 19.5 Å². The molecular weight excluding hydrogens is 176 g/mol. The van der Waals surface area contributed by atoms with Crippen LogP contribution in [-0.4, -0.2) is 46.9 Å². The molecule has 1 atom stereocenters. The fourth-order valence-corrected chi connectivity index (χ4v) is 1.19. The van der Waals surface area contributed by atoms with Crippen molar-refractivity contribution in [1.29, 1.82) is 0 Å². The number of aliphatic carboxylic acids is 1. The molecule has 0 aromatic heterocycles. The van der Waals surface area contributed by atoms with Crippen molar-refractivity contribution in [2.45, 2.75) is 12.5 Å². The van der Waals surface area contributed by atoms with E-state index in [1.165, 1.54) is 14.0 Å². The second-order valence-electron chi connectivity index (χ2n) is 3.14. The van der Waals surface area contributed by atoms with Crippen LogP contribution < -0.4 is 5.32 Å². The van der Waals surface area contributed by atoms with Crippen molar-refractivity contribution in [1.82, 2.24) is 10.2 Å². The van der Waals surface area contributed by atoms with Gasteiger partial charge in [0.1, 0.15) is 0 Å². The summed E-state index contributed by atoms with van der Waals surface area (Å²) in [5.41, 5.74) is -1.82. The van der Waals surface area contributed by atoms with E-state index in [1.54, 1.807) is 0 Å². The Balaban J connectivity index is 3.02. The van der Waals surface area contributed by atoms with Gasteiger partial charge in [0.05, 0.1) is 6.54 Å². The Morgan fingerprint density at radius 3 is 2.62 bits per heavy atom. The van der Waals surface area contributed by atoms with Gasteiger partial charge >= 0.3 is 5.97 Å². The summed E-state index contributed by atoms with van der Waals surface area (Å²) < 4.78 is 0. The van der Waals surface area contributed by atoms with Gasteiger partial charge in [-0.05, 0) is 6.92 Å². The van der Waals surface area contributed by atoms with E-state index < -0.39 is 23.3 Å². The largest absolute Gasteiger partial charge is 0.479 e. The summed E-state index contributed by atoms with van der Waals surface area (Å²) in [6, 6.07) is 0. The van der Waals surface area contributed by atoms with Crippen molar-refractivity contribution >= 4 is 17.8 Å². The molecule has 0 bridgehead atoms. The molecule has 1 saturated heterocycles. The SMILES string of the molecule is CN1CC(=O)NC(C)(C(=O)O)C1=O. The molecule has 0 saturated carbocycles. The highest BCUT2D eigenvalue weighted by Gasteiger charge is 2.48. The van der Waals surface area contributed by atoms with Gasteiger partial charge in [0, 0.05) is 7.05 Å². The standard InChI is InChI=1S/C7H10N2O4/c1-7(6(12)13)5(11)9(2)3-4(10)8-7/h3H2,1-2H3,(H,8,10)(H,12,13). The molecule has 1 heterocycles. The molecule has 2 amide bonds. The molecule has 72 valence electrons. The molecule has 1 aliphatic rings. The zero-order valence-corrected chi connectivity index (χ0v) is 7.33. The summed E-state index contributed by atoms with van der Waals surface area (Å²) in [6.07, 6.45) is 0. The van der Waals surface area contributed by atoms with E-state index in [4.69, 9.17) is 5.11 Å². The van der Waals surface area contributed by atoms with E-state index >= 15 is 0 Å². The maximum atomic E-state index is 11.4. The minimum atomic E-state index is -1.82. The summed E-state index contributed by atoms with van der Waals surface area (Å²) in [4.78, 5) is 34.1. The van der Waals surface area contributed by atoms with Gasteiger partial charge in [0.25, 0.3) is 5.91 Å². The first-order valence-electron chi connectivity index (χ1n) is 3.68. The summed E-state index contributed by atoms with van der Waals surface area (Å²) in [5.74, 6) is -2.43. The molecular formula is C7H10N2O4. The lowest BCUT2D eigenvalue weighted by atomic mass is 9.98. The smallest absolute Gasteiger partial charge is 0.339 e. The molecule has 6 heteroatoms. The Hall–Kier alpha value is -1.59.